The maximum absolute atomic E-state index is 12.5. The summed E-state index contributed by atoms with van der Waals surface area (Å²) >= 11 is 0. The minimum Gasteiger partial charge on any atom is -0.466 e. The number of amides is 1. The van der Waals surface area contributed by atoms with Gasteiger partial charge in [-0.2, -0.15) is 0 Å². The molecule has 3 N–H and O–H groups in total. The Kier molecular flexibility index (Phi) is 62.9. The molecule has 0 spiro atoms. The number of ether oxygens (including phenoxy) is 1. The van der Waals surface area contributed by atoms with Gasteiger partial charge in [0.1, 0.15) is 0 Å². The molecule has 0 bridgehead atoms. The molecule has 6 nitrogen and oxygen atoms in total. The molecule has 0 radical (unpaired) electrons. The van der Waals surface area contributed by atoms with Crippen LogP contribution in [0.2, 0.25) is 0 Å². The average molecular weight is 1040 g/mol. The molecule has 0 fully saturated rings. The highest BCUT2D eigenvalue weighted by Crippen LogP contribution is 2.19. The molecule has 0 aliphatic carbocycles. The zero-order valence-corrected chi connectivity index (χ0v) is 50.4. The van der Waals surface area contributed by atoms with Crippen molar-refractivity contribution in [3.63, 3.8) is 0 Å². The van der Waals surface area contributed by atoms with Crippen LogP contribution >= 0.6 is 0 Å². The molecule has 0 aliphatic heterocycles. The van der Waals surface area contributed by atoms with E-state index >= 15 is 0 Å². The summed E-state index contributed by atoms with van der Waals surface area (Å²) in [6.45, 7) is 4.97. The van der Waals surface area contributed by atoms with E-state index in [4.69, 9.17) is 4.74 Å². The van der Waals surface area contributed by atoms with Gasteiger partial charge in [0.2, 0.25) is 5.91 Å². The Bertz CT molecular complexity index is 1110. The molecular weight excluding hydrogens is 911 g/mol. The number of rotatable bonds is 64. The number of carbonyl (C=O) groups excluding carboxylic acids is 2. The maximum atomic E-state index is 12.5. The lowest BCUT2D eigenvalue weighted by Crippen LogP contribution is -2.45. The summed E-state index contributed by atoms with van der Waals surface area (Å²) in [4.78, 5) is 24.5. The van der Waals surface area contributed by atoms with Crippen LogP contribution < -0.4 is 5.32 Å². The van der Waals surface area contributed by atoms with E-state index in [2.05, 4.69) is 31.3 Å². The number of nitrogens with one attached hydrogen (secondary N) is 1. The Morgan fingerprint density at radius 1 is 0.365 bits per heavy atom. The van der Waals surface area contributed by atoms with E-state index in [1.165, 1.54) is 308 Å². The van der Waals surface area contributed by atoms with Crippen molar-refractivity contribution in [2.45, 2.75) is 398 Å². The number of carbonyl (C=O) groups is 2. The molecule has 0 aromatic heterocycles. The Balaban J connectivity index is 3.30. The predicted octanol–water partition coefficient (Wildman–Crippen LogP) is 21.6. The van der Waals surface area contributed by atoms with Crippen molar-refractivity contribution in [1.82, 2.24) is 5.32 Å². The fraction of sp³-hybridized carbons (Fsp3) is 0.941. The van der Waals surface area contributed by atoms with Gasteiger partial charge in [0.15, 0.2) is 0 Å². The number of esters is 1. The van der Waals surface area contributed by atoms with Crippen LogP contribution in [0.15, 0.2) is 12.2 Å². The van der Waals surface area contributed by atoms with Gasteiger partial charge in [-0.1, -0.05) is 334 Å². The number of aliphatic hydroxyl groups excluding tert-OH is 2. The van der Waals surface area contributed by atoms with Crippen molar-refractivity contribution in [3.8, 4) is 0 Å². The second kappa shape index (κ2) is 64.1. The van der Waals surface area contributed by atoms with Gasteiger partial charge in [-0.05, 0) is 51.4 Å². The van der Waals surface area contributed by atoms with Crippen molar-refractivity contribution >= 4 is 11.9 Å². The van der Waals surface area contributed by atoms with Gasteiger partial charge >= 0.3 is 5.97 Å². The number of hydrogen-bond acceptors (Lipinski definition) is 5. The van der Waals surface area contributed by atoms with Crippen LogP contribution in [0.3, 0.4) is 0 Å². The van der Waals surface area contributed by atoms with Crippen LogP contribution in [0.1, 0.15) is 386 Å². The molecule has 74 heavy (non-hydrogen) atoms. The van der Waals surface area contributed by atoms with Gasteiger partial charge in [-0.15, -0.1) is 0 Å². The third-order valence-corrected chi connectivity index (χ3v) is 16.1. The second-order valence-electron chi connectivity index (χ2n) is 23.5. The van der Waals surface area contributed by atoms with Gasteiger partial charge in [0.05, 0.1) is 25.4 Å². The molecule has 2 unspecified atom stereocenters. The Morgan fingerprint density at radius 2 is 0.635 bits per heavy atom. The zero-order valence-electron chi connectivity index (χ0n) is 50.4. The highest BCUT2D eigenvalue weighted by atomic mass is 16.5. The van der Waals surface area contributed by atoms with E-state index in [0.717, 1.165) is 44.9 Å². The lowest BCUT2D eigenvalue weighted by Gasteiger charge is -2.22. The number of hydrogen-bond donors (Lipinski definition) is 3. The van der Waals surface area contributed by atoms with Crippen LogP contribution in [-0.4, -0.2) is 47.4 Å². The molecule has 440 valence electrons. The minimum absolute atomic E-state index is 0.0169. The summed E-state index contributed by atoms with van der Waals surface area (Å²) in [5.74, 6) is -0.0135. The van der Waals surface area contributed by atoms with E-state index in [9.17, 15) is 19.8 Å². The van der Waals surface area contributed by atoms with E-state index in [-0.39, 0.29) is 18.5 Å². The predicted molar refractivity (Wildman–Crippen MR) is 324 cm³/mol. The number of aliphatic hydroxyl groups is 2. The van der Waals surface area contributed by atoms with E-state index < -0.39 is 12.1 Å². The normalized spacial score (nSPS) is 12.5. The van der Waals surface area contributed by atoms with Gasteiger partial charge < -0.3 is 20.3 Å². The summed E-state index contributed by atoms with van der Waals surface area (Å²) in [5, 5.41) is 23.2. The molecule has 2 atom stereocenters. The Labute approximate surface area is 463 Å². The molecule has 0 aromatic carbocycles. The van der Waals surface area contributed by atoms with E-state index in [0.29, 0.717) is 25.9 Å². The summed E-state index contributed by atoms with van der Waals surface area (Å²) < 4.78 is 5.50. The smallest absolute Gasteiger partial charge is 0.305 e. The van der Waals surface area contributed by atoms with Crippen molar-refractivity contribution in [3.05, 3.63) is 12.2 Å². The fourth-order valence-corrected chi connectivity index (χ4v) is 10.9. The van der Waals surface area contributed by atoms with Crippen molar-refractivity contribution < 1.29 is 24.5 Å². The van der Waals surface area contributed by atoms with E-state index in [1.54, 1.807) is 0 Å². The number of unbranched alkanes of at least 4 members (excludes halogenated alkanes) is 51. The molecule has 6 heteroatoms. The van der Waals surface area contributed by atoms with E-state index in [1.807, 2.05) is 0 Å². The SMILES string of the molecule is CCCCCCCC/C=C\CCCCCCCCCC(=O)OCCCCCCCCCCCCCCCCCCCCCCCCCCCCCCCC(=O)NC(CO)C(O)CCCCCCCCCCCCC. The molecule has 1 amide bonds. The highest BCUT2D eigenvalue weighted by Gasteiger charge is 2.20. The topological polar surface area (TPSA) is 95.9 Å². The van der Waals surface area contributed by atoms with Gasteiger partial charge in [0, 0.05) is 12.8 Å². The second-order valence-corrected chi connectivity index (χ2v) is 23.5. The van der Waals surface area contributed by atoms with Crippen LogP contribution in [0.4, 0.5) is 0 Å². The molecule has 0 aliphatic rings. The monoisotopic (exact) mass is 1040 g/mol. The van der Waals surface area contributed by atoms with Gasteiger partial charge in [-0.3, -0.25) is 9.59 Å². The van der Waals surface area contributed by atoms with Crippen LogP contribution in [-0.2, 0) is 14.3 Å². The van der Waals surface area contributed by atoms with Crippen molar-refractivity contribution in [2.24, 2.45) is 0 Å². The first-order valence-corrected chi connectivity index (χ1v) is 33.9. The highest BCUT2D eigenvalue weighted by molar-refractivity contribution is 5.76. The first-order chi connectivity index (χ1) is 36.5. The average Bonchev–Trinajstić information content (AvgIpc) is 3.40. The Morgan fingerprint density at radius 3 is 0.959 bits per heavy atom. The summed E-state index contributed by atoms with van der Waals surface area (Å²) in [5.41, 5.74) is 0. The molecule has 0 heterocycles. The van der Waals surface area contributed by atoms with Crippen molar-refractivity contribution in [1.29, 1.82) is 0 Å². The third kappa shape index (κ3) is 59.8. The molecule has 0 saturated carbocycles. The third-order valence-electron chi connectivity index (χ3n) is 16.1. The first kappa shape index (κ1) is 72.6. The van der Waals surface area contributed by atoms with Gasteiger partial charge in [0.25, 0.3) is 0 Å². The van der Waals surface area contributed by atoms with Crippen LogP contribution in [0.25, 0.3) is 0 Å². The lowest BCUT2D eigenvalue weighted by atomic mass is 10.0. The summed E-state index contributed by atoms with van der Waals surface area (Å²) in [6, 6.07) is -0.536. The molecule has 0 saturated heterocycles. The lowest BCUT2D eigenvalue weighted by molar-refractivity contribution is -0.143. The largest absolute Gasteiger partial charge is 0.466 e. The number of allylic oxidation sites excluding steroid dienone is 2. The summed E-state index contributed by atoms with van der Waals surface area (Å²) in [7, 11) is 0. The molecule has 0 aromatic rings. The van der Waals surface area contributed by atoms with Crippen LogP contribution in [0, 0.1) is 0 Å². The standard InChI is InChI=1S/C68H133NO5/c1-3-5-7-9-11-13-15-16-17-31-35-38-42-46-50-54-58-62-68(73)74-63-59-55-51-47-43-39-36-33-30-28-26-24-22-20-18-19-21-23-25-27-29-32-34-37-41-45-49-53-57-61-67(72)69-65(64-70)66(71)60-56-52-48-44-40-14-12-10-8-6-4-2/h16-17,65-66,70-71H,3-15,18-64H2,1-2H3,(H,69,72)/b17-16-. The zero-order chi connectivity index (χ0) is 53.6. The molecule has 0 rings (SSSR count). The summed E-state index contributed by atoms with van der Waals surface area (Å²) in [6.07, 6.45) is 78.3. The fourth-order valence-electron chi connectivity index (χ4n) is 10.9. The molecular formula is C68H133NO5. The van der Waals surface area contributed by atoms with Gasteiger partial charge in [-0.25, -0.2) is 0 Å². The quantitative estimate of drug-likeness (QED) is 0.0320. The maximum Gasteiger partial charge on any atom is 0.305 e. The van der Waals surface area contributed by atoms with Crippen LogP contribution in [0.5, 0.6) is 0 Å². The minimum atomic E-state index is -0.659. The Hall–Kier alpha value is -1.40. The first-order valence-electron chi connectivity index (χ1n) is 33.9. The van der Waals surface area contributed by atoms with Crippen molar-refractivity contribution in [2.75, 3.05) is 13.2 Å².